The Morgan fingerprint density at radius 1 is 0.700 bits per heavy atom. The average molecular weight is 301 g/mol. The highest BCUT2D eigenvalue weighted by atomic mass is 35.5. The van der Waals surface area contributed by atoms with Crippen molar-refractivity contribution in [3.63, 3.8) is 0 Å². The summed E-state index contributed by atoms with van der Waals surface area (Å²) in [5, 5.41) is 11.8. The maximum atomic E-state index is 6.22. The monoisotopic (exact) mass is 300 g/mol. The molecule has 2 nitrogen and oxygen atoms in total. The first kappa shape index (κ1) is 13.1. The topological polar surface area (TPSA) is 24.7 Å². The van der Waals surface area contributed by atoms with E-state index in [1.165, 1.54) is 0 Å². The lowest BCUT2D eigenvalue weighted by Gasteiger charge is -2.03. The molecule has 0 aliphatic carbocycles. The van der Waals surface area contributed by atoms with Crippen molar-refractivity contribution in [1.82, 2.24) is 0 Å². The van der Waals surface area contributed by atoms with Crippen LogP contribution >= 0.6 is 23.2 Å². The minimum Gasteiger partial charge on any atom is -0.151 e. The maximum absolute atomic E-state index is 6.22. The van der Waals surface area contributed by atoms with Gasteiger partial charge in [0.05, 0.1) is 10.7 Å². The van der Waals surface area contributed by atoms with E-state index in [4.69, 9.17) is 23.2 Å². The molecule has 0 fully saturated rings. The molecule has 3 rings (SSSR count). The zero-order chi connectivity index (χ0) is 13.9. The molecule has 3 aromatic carbocycles. The van der Waals surface area contributed by atoms with E-state index in [0.29, 0.717) is 15.7 Å². The molecular formula is C16H10Cl2N2. The van der Waals surface area contributed by atoms with Crippen LogP contribution in [0, 0.1) is 0 Å². The van der Waals surface area contributed by atoms with Gasteiger partial charge in [-0.05, 0) is 35.7 Å². The van der Waals surface area contributed by atoms with Gasteiger partial charge in [0, 0.05) is 10.4 Å². The molecule has 0 aromatic heterocycles. The Morgan fingerprint density at radius 3 is 2.25 bits per heavy atom. The van der Waals surface area contributed by atoms with Crippen molar-refractivity contribution in [2.75, 3.05) is 0 Å². The first-order chi connectivity index (χ1) is 9.74. The highest BCUT2D eigenvalue weighted by Gasteiger charge is 2.04. The fourth-order valence-electron chi connectivity index (χ4n) is 1.95. The van der Waals surface area contributed by atoms with Gasteiger partial charge in [-0.2, -0.15) is 5.11 Å². The summed E-state index contributed by atoms with van der Waals surface area (Å²) in [5.74, 6) is 0. The molecule has 20 heavy (non-hydrogen) atoms. The molecule has 0 saturated heterocycles. The quantitative estimate of drug-likeness (QED) is 0.479. The molecule has 98 valence electrons. The second-order valence-corrected chi connectivity index (χ2v) is 5.14. The molecule has 0 N–H and O–H groups in total. The molecule has 3 aromatic rings. The van der Waals surface area contributed by atoms with Crippen molar-refractivity contribution in [3.8, 4) is 0 Å². The summed E-state index contributed by atoms with van der Waals surface area (Å²) in [6.07, 6.45) is 0. The van der Waals surface area contributed by atoms with Crippen LogP contribution < -0.4 is 0 Å². The summed E-state index contributed by atoms with van der Waals surface area (Å²) >= 11 is 12.1. The van der Waals surface area contributed by atoms with Gasteiger partial charge in [0.1, 0.15) is 5.69 Å². The Bertz CT molecular complexity index is 780. The van der Waals surface area contributed by atoms with Gasteiger partial charge < -0.3 is 0 Å². The molecule has 0 aliphatic rings. The van der Waals surface area contributed by atoms with Crippen molar-refractivity contribution in [2.24, 2.45) is 10.2 Å². The third kappa shape index (κ3) is 2.67. The summed E-state index contributed by atoms with van der Waals surface area (Å²) in [4.78, 5) is 0. The van der Waals surface area contributed by atoms with E-state index < -0.39 is 0 Å². The number of hydrogen-bond donors (Lipinski definition) is 0. The largest absolute Gasteiger partial charge is 0.151 e. The minimum absolute atomic E-state index is 0.585. The Labute approximate surface area is 126 Å². The Hall–Kier alpha value is -1.90. The van der Waals surface area contributed by atoms with Crippen LogP contribution in [0.2, 0.25) is 10.0 Å². The van der Waals surface area contributed by atoms with Crippen LogP contribution in [-0.4, -0.2) is 0 Å². The molecular weight excluding hydrogens is 291 g/mol. The highest BCUT2D eigenvalue weighted by Crippen LogP contribution is 2.34. The Kier molecular flexibility index (Phi) is 3.68. The number of halogens is 2. The van der Waals surface area contributed by atoms with Gasteiger partial charge in [-0.15, -0.1) is 5.11 Å². The second-order valence-electron chi connectivity index (χ2n) is 4.29. The van der Waals surface area contributed by atoms with Crippen molar-refractivity contribution in [2.45, 2.75) is 0 Å². The van der Waals surface area contributed by atoms with E-state index >= 15 is 0 Å². The molecule has 0 unspecified atom stereocenters. The summed E-state index contributed by atoms with van der Waals surface area (Å²) < 4.78 is 0. The molecule has 0 saturated carbocycles. The van der Waals surface area contributed by atoms with Crippen LogP contribution in [0.3, 0.4) is 0 Å². The number of nitrogens with zero attached hydrogens (tertiary/aromatic N) is 2. The van der Waals surface area contributed by atoms with Crippen LogP contribution in [0.1, 0.15) is 0 Å². The standard InChI is InChI=1S/C16H10Cl2N2/c17-12-6-8-13(9-7-12)19-20-16-14-4-2-1-3-11(14)5-10-15(16)18/h1-10H. The molecule has 0 amide bonds. The fourth-order valence-corrected chi connectivity index (χ4v) is 2.27. The first-order valence-electron chi connectivity index (χ1n) is 6.08. The summed E-state index contributed by atoms with van der Waals surface area (Å²) in [5.41, 5.74) is 1.41. The van der Waals surface area contributed by atoms with Gasteiger partial charge >= 0.3 is 0 Å². The van der Waals surface area contributed by atoms with E-state index in [1.54, 1.807) is 12.1 Å². The van der Waals surface area contributed by atoms with E-state index in [9.17, 15) is 0 Å². The van der Waals surface area contributed by atoms with E-state index in [0.717, 1.165) is 16.5 Å². The summed E-state index contributed by atoms with van der Waals surface area (Å²) in [6, 6.07) is 18.9. The number of hydrogen-bond acceptors (Lipinski definition) is 2. The van der Waals surface area contributed by atoms with Gasteiger partial charge in [0.2, 0.25) is 0 Å². The second kappa shape index (κ2) is 5.61. The Morgan fingerprint density at radius 2 is 1.45 bits per heavy atom. The molecule has 0 radical (unpaired) electrons. The first-order valence-corrected chi connectivity index (χ1v) is 6.84. The van der Waals surface area contributed by atoms with Gasteiger partial charge in [-0.3, -0.25) is 0 Å². The van der Waals surface area contributed by atoms with Crippen molar-refractivity contribution in [1.29, 1.82) is 0 Å². The fraction of sp³-hybridized carbons (Fsp3) is 0. The number of benzene rings is 3. The molecule has 0 aliphatic heterocycles. The maximum Gasteiger partial charge on any atom is 0.112 e. The van der Waals surface area contributed by atoms with E-state index in [2.05, 4.69) is 10.2 Å². The van der Waals surface area contributed by atoms with Crippen LogP contribution in [-0.2, 0) is 0 Å². The van der Waals surface area contributed by atoms with Gasteiger partial charge in [-0.1, -0.05) is 53.5 Å². The summed E-state index contributed by atoms with van der Waals surface area (Å²) in [7, 11) is 0. The van der Waals surface area contributed by atoms with Gasteiger partial charge in [0.15, 0.2) is 0 Å². The lowest BCUT2D eigenvalue weighted by atomic mass is 10.1. The van der Waals surface area contributed by atoms with E-state index in [1.807, 2.05) is 48.5 Å². The van der Waals surface area contributed by atoms with Crippen molar-refractivity contribution >= 4 is 45.3 Å². The van der Waals surface area contributed by atoms with Crippen LogP contribution in [0.25, 0.3) is 10.8 Å². The average Bonchev–Trinajstić information content (AvgIpc) is 2.48. The zero-order valence-electron chi connectivity index (χ0n) is 10.4. The molecule has 0 bridgehead atoms. The third-order valence-corrected chi connectivity index (χ3v) is 3.50. The molecule has 0 heterocycles. The summed E-state index contributed by atoms with van der Waals surface area (Å²) in [6.45, 7) is 0. The lowest BCUT2D eigenvalue weighted by Crippen LogP contribution is -1.75. The number of azo groups is 1. The van der Waals surface area contributed by atoms with Gasteiger partial charge in [0.25, 0.3) is 0 Å². The Balaban J connectivity index is 2.06. The normalized spacial score (nSPS) is 11.3. The van der Waals surface area contributed by atoms with E-state index in [-0.39, 0.29) is 0 Å². The SMILES string of the molecule is Clc1ccc(N=Nc2c(Cl)ccc3ccccc23)cc1. The van der Waals surface area contributed by atoms with Crippen LogP contribution in [0.4, 0.5) is 11.4 Å². The predicted octanol–water partition coefficient (Wildman–Crippen LogP) is 6.56. The molecule has 0 atom stereocenters. The number of fused-ring (bicyclic) bond motifs is 1. The predicted molar refractivity (Wildman–Crippen MR) is 84.6 cm³/mol. The zero-order valence-corrected chi connectivity index (χ0v) is 11.9. The smallest absolute Gasteiger partial charge is 0.112 e. The van der Waals surface area contributed by atoms with Crippen molar-refractivity contribution < 1.29 is 0 Å². The highest BCUT2D eigenvalue weighted by molar-refractivity contribution is 6.34. The minimum atomic E-state index is 0.585. The van der Waals surface area contributed by atoms with Crippen LogP contribution in [0.5, 0.6) is 0 Å². The van der Waals surface area contributed by atoms with Crippen molar-refractivity contribution in [3.05, 3.63) is 70.7 Å². The van der Waals surface area contributed by atoms with Crippen LogP contribution in [0.15, 0.2) is 70.9 Å². The lowest BCUT2D eigenvalue weighted by molar-refractivity contribution is 1.24. The number of rotatable bonds is 2. The molecule has 0 spiro atoms. The van der Waals surface area contributed by atoms with Gasteiger partial charge in [-0.25, -0.2) is 0 Å². The third-order valence-electron chi connectivity index (χ3n) is 2.94. The molecule has 4 heteroatoms.